The summed E-state index contributed by atoms with van der Waals surface area (Å²) in [6.07, 6.45) is 1.44. The lowest BCUT2D eigenvalue weighted by atomic mass is 9.90. The molecule has 2 nitrogen and oxygen atoms in total. The van der Waals surface area contributed by atoms with Crippen molar-refractivity contribution in [1.82, 2.24) is 5.32 Å². The molecule has 0 saturated heterocycles. The zero-order valence-electron chi connectivity index (χ0n) is 13.5. The fourth-order valence-electron chi connectivity index (χ4n) is 2.66. The maximum absolute atomic E-state index is 12.4. The number of ketones is 1. The van der Waals surface area contributed by atoms with Crippen LogP contribution in [0.1, 0.15) is 42.4 Å². The van der Waals surface area contributed by atoms with Gasteiger partial charge in [0.15, 0.2) is 0 Å². The summed E-state index contributed by atoms with van der Waals surface area (Å²) in [5.74, 6) is 0.353. The van der Waals surface area contributed by atoms with Crippen LogP contribution in [0.25, 0.3) is 0 Å². The molecule has 0 radical (unpaired) electrons. The molecule has 2 aromatic rings. The number of benzene rings is 2. The molecule has 2 rings (SSSR count). The molecule has 0 aliphatic carbocycles. The first-order valence-corrected chi connectivity index (χ1v) is 8.04. The number of Topliss-reactive ketones (excluding diaryl/α,β-unsaturated/α-hetero) is 1. The lowest BCUT2D eigenvalue weighted by molar-refractivity contribution is -0.120. The van der Waals surface area contributed by atoms with Gasteiger partial charge < -0.3 is 5.32 Å². The van der Waals surface area contributed by atoms with Gasteiger partial charge in [0.2, 0.25) is 0 Å². The highest BCUT2D eigenvalue weighted by Crippen LogP contribution is 2.22. The summed E-state index contributed by atoms with van der Waals surface area (Å²) in [7, 11) is 0. The maximum Gasteiger partial charge on any atom is 0.141 e. The van der Waals surface area contributed by atoms with E-state index >= 15 is 0 Å². The smallest absolute Gasteiger partial charge is 0.141 e. The summed E-state index contributed by atoms with van der Waals surface area (Å²) in [6.45, 7) is 5.70. The zero-order chi connectivity index (χ0) is 15.8. The van der Waals surface area contributed by atoms with E-state index in [4.69, 9.17) is 0 Å². The van der Waals surface area contributed by atoms with E-state index in [0.29, 0.717) is 12.2 Å². The Hall–Kier alpha value is -1.93. The van der Waals surface area contributed by atoms with Gasteiger partial charge in [-0.1, -0.05) is 67.1 Å². The van der Waals surface area contributed by atoms with Gasteiger partial charge in [0.25, 0.3) is 0 Å². The number of rotatable bonds is 8. The molecule has 2 aromatic carbocycles. The Labute approximate surface area is 133 Å². The van der Waals surface area contributed by atoms with Gasteiger partial charge in [-0.25, -0.2) is 0 Å². The van der Waals surface area contributed by atoms with Crippen molar-refractivity contribution >= 4 is 5.78 Å². The number of hydrogen-bond donors (Lipinski definition) is 1. The molecule has 1 N–H and O–H groups in total. The second-order valence-electron chi connectivity index (χ2n) is 5.75. The molecule has 1 atom stereocenters. The molecule has 0 spiro atoms. The van der Waals surface area contributed by atoms with Crippen molar-refractivity contribution in [2.45, 2.75) is 39.2 Å². The average molecular weight is 295 g/mol. The summed E-state index contributed by atoms with van der Waals surface area (Å²) < 4.78 is 0. The third kappa shape index (κ3) is 4.81. The van der Waals surface area contributed by atoms with Crippen molar-refractivity contribution in [3.63, 3.8) is 0 Å². The SMILES string of the molecule is CCC(C(=O)CCNCc1ccccc1)c1ccc(C)cc1. The zero-order valence-corrected chi connectivity index (χ0v) is 13.5. The van der Waals surface area contributed by atoms with Crippen LogP contribution in [0.4, 0.5) is 0 Å². The van der Waals surface area contributed by atoms with Gasteiger partial charge in [0.05, 0.1) is 0 Å². The van der Waals surface area contributed by atoms with E-state index in [1.54, 1.807) is 0 Å². The van der Waals surface area contributed by atoms with Gasteiger partial charge in [-0.3, -0.25) is 4.79 Å². The Kier molecular flexibility index (Phi) is 6.35. The van der Waals surface area contributed by atoms with Crippen molar-refractivity contribution in [3.8, 4) is 0 Å². The van der Waals surface area contributed by atoms with Gasteiger partial charge in [0, 0.05) is 25.4 Å². The molecule has 1 unspecified atom stereocenters. The quantitative estimate of drug-likeness (QED) is 0.738. The van der Waals surface area contributed by atoms with E-state index in [2.05, 4.69) is 55.6 Å². The molecule has 0 bridgehead atoms. The summed E-state index contributed by atoms with van der Waals surface area (Å²) in [5.41, 5.74) is 3.62. The Morgan fingerprint density at radius 1 is 1.05 bits per heavy atom. The molecular weight excluding hydrogens is 270 g/mol. The van der Waals surface area contributed by atoms with Crippen molar-refractivity contribution in [2.75, 3.05) is 6.54 Å². The average Bonchev–Trinajstić information content (AvgIpc) is 2.55. The molecular formula is C20H25NO. The van der Waals surface area contributed by atoms with E-state index in [1.165, 1.54) is 11.1 Å². The van der Waals surface area contributed by atoms with E-state index in [-0.39, 0.29) is 5.92 Å². The molecule has 116 valence electrons. The fourth-order valence-corrected chi connectivity index (χ4v) is 2.66. The van der Waals surface area contributed by atoms with Crippen molar-refractivity contribution in [3.05, 3.63) is 71.3 Å². The summed E-state index contributed by atoms with van der Waals surface area (Å²) >= 11 is 0. The van der Waals surface area contributed by atoms with Crippen molar-refractivity contribution in [1.29, 1.82) is 0 Å². The normalized spacial score (nSPS) is 12.1. The number of aryl methyl sites for hydroxylation is 1. The number of carbonyl (C=O) groups excluding carboxylic acids is 1. The fraction of sp³-hybridized carbons (Fsp3) is 0.350. The van der Waals surface area contributed by atoms with E-state index in [1.807, 2.05) is 18.2 Å². The highest BCUT2D eigenvalue weighted by molar-refractivity contribution is 5.85. The van der Waals surface area contributed by atoms with E-state index in [9.17, 15) is 4.79 Å². The molecule has 2 heteroatoms. The number of nitrogens with one attached hydrogen (secondary N) is 1. The van der Waals surface area contributed by atoms with Gasteiger partial charge in [-0.15, -0.1) is 0 Å². The van der Waals surface area contributed by atoms with Crippen LogP contribution in [0.2, 0.25) is 0 Å². The van der Waals surface area contributed by atoms with E-state index in [0.717, 1.165) is 25.1 Å². The molecule has 0 heterocycles. The summed E-state index contributed by atoms with van der Waals surface area (Å²) in [5, 5.41) is 3.35. The van der Waals surface area contributed by atoms with Crippen LogP contribution in [0.15, 0.2) is 54.6 Å². The minimum atomic E-state index is 0.0270. The van der Waals surface area contributed by atoms with Crippen LogP contribution in [-0.4, -0.2) is 12.3 Å². The molecule has 0 saturated carbocycles. The van der Waals surface area contributed by atoms with Gasteiger partial charge in [0.1, 0.15) is 5.78 Å². The lowest BCUT2D eigenvalue weighted by Crippen LogP contribution is -2.21. The van der Waals surface area contributed by atoms with Crippen LogP contribution < -0.4 is 5.32 Å². The van der Waals surface area contributed by atoms with Crippen molar-refractivity contribution < 1.29 is 4.79 Å². The topological polar surface area (TPSA) is 29.1 Å². The predicted octanol–water partition coefficient (Wildman–Crippen LogP) is 4.24. The lowest BCUT2D eigenvalue weighted by Gasteiger charge is -2.15. The monoisotopic (exact) mass is 295 g/mol. The third-order valence-electron chi connectivity index (χ3n) is 4.00. The molecule has 0 amide bonds. The maximum atomic E-state index is 12.4. The minimum absolute atomic E-state index is 0.0270. The van der Waals surface area contributed by atoms with Gasteiger partial charge >= 0.3 is 0 Å². The molecule has 0 aliphatic heterocycles. The standard InChI is InChI=1S/C20H25NO/c1-3-19(18-11-9-16(2)10-12-18)20(22)13-14-21-15-17-7-5-4-6-8-17/h4-12,19,21H,3,13-15H2,1-2H3. The second-order valence-corrected chi connectivity index (χ2v) is 5.75. The highest BCUT2D eigenvalue weighted by atomic mass is 16.1. The van der Waals surface area contributed by atoms with Gasteiger partial charge in [-0.05, 0) is 24.5 Å². The number of carbonyl (C=O) groups is 1. The first kappa shape index (κ1) is 16.4. The molecule has 0 aliphatic rings. The Morgan fingerprint density at radius 3 is 2.36 bits per heavy atom. The van der Waals surface area contributed by atoms with Gasteiger partial charge in [-0.2, -0.15) is 0 Å². The Morgan fingerprint density at radius 2 is 1.73 bits per heavy atom. The van der Waals surface area contributed by atoms with E-state index < -0.39 is 0 Å². The Balaban J connectivity index is 1.81. The second kappa shape index (κ2) is 8.50. The van der Waals surface area contributed by atoms with Crippen LogP contribution in [0, 0.1) is 6.92 Å². The number of hydrogen-bond acceptors (Lipinski definition) is 2. The largest absolute Gasteiger partial charge is 0.312 e. The van der Waals surface area contributed by atoms with Crippen LogP contribution in [0.3, 0.4) is 0 Å². The van der Waals surface area contributed by atoms with Crippen LogP contribution >= 0.6 is 0 Å². The van der Waals surface area contributed by atoms with Crippen LogP contribution in [-0.2, 0) is 11.3 Å². The molecule has 0 aromatic heterocycles. The third-order valence-corrected chi connectivity index (χ3v) is 4.00. The molecule has 0 fully saturated rings. The minimum Gasteiger partial charge on any atom is -0.312 e. The van der Waals surface area contributed by atoms with Crippen molar-refractivity contribution in [2.24, 2.45) is 0 Å². The first-order chi connectivity index (χ1) is 10.7. The Bertz CT molecular complexity index is 574. The predicted molar refractivity (Wildman–Crippen MR) is 92.0 cm³/mol. The first-order valence-electron chi connectivity index (χ1n) is 8.04. The molecule has 22 heavy (non-hydrogen) atoms. The summed E-state index contributed by atoms with van der Waals surface area (Å²) in [4.78, 5) is 12.4. The highest BCUT2D eigenvalue weighted by Gasteiger charge is 2.17. The summed E-state index contributed by atoms with van der Waals surface area (Å²) in [6, 6.07) is 18.6. The van der Waals surface area contributed by atoms with Crippen LogP contribution in [0.5, 0.6) is 0 Å².